The number of fused-ring (bicyclic) bond motifs is 5. The quantitative estimate of drug-likeness (QED) is 0.868. The van der Waals surface area contributed by atoms with Gasteiger partial charge >= 0.3 is 0 Å². The van der Waals surface area contributed by atoms with Gasteiger partial charge in [-0.3, -0.25) is 4.99 Å². The second kappa shape index (κ2) is 5.64. The van der Waals surface area contributed by atoms with Crippen LogP contribution < -0.4 is 19.5 Å². The second-order valence-electron chi connectivity index (χ2n) is 6.87. The van der Waals surface area contributed by atoms with Crippen molar-refractivity contribution in [3.05, 3.63) is 47.5 Å². The van der Waals surface area contributed by atoms with Gasteiger partial charge in [-0.1, -0.05) is 18.2 Å². The number of aliphatic hydroxyl groups is 1. The second-order valence-corrected chi connectivity index (χ2v) is 6.87. The van der Waals surface area contributed by atoms with E-state index in [1.165, 1.54) is 0 Å². The fourth-order valence-electron chi connectivity index (χ4n) is 3.94. The predicted octanol–water partition coefficient (Wildman–Crippen LogP) is 2.34. The number of ether oxygens (including phenoxy) is 3. The van der Waals surface area contributed by atoms with Crippen LogP contribution in [-0.4, -0.2) is 43.4 Å². The van der Waals surface area contributed by atoms with E-state index in [0.29, 0.717) is 25.6 Å². The highest BCUT2D eigenvalue weighted by Gasteiger charge is 2.52. The summed E-state index contributed by atoms with van der Waals surface area (Å²) in [5.41, 5.74) is 2.63. The highest BCUT2D eigenvalue weighted by atomic mass is 16.6. The molecule has 3 heterocycles. The number of nitrogens with one attached hydrogen (secondary N) is 1. The van der Waals surface area contributed by atoms with E-state index >= 15 is 0 Å². The molecule has 5 rings (SSSR count). The van der Waals surface area contributed by atoms with Crippen molar-refractivity contribution in [2.45, 2.75) is 18.4 Å². The van der Waals surface area contributed by atoms with Gasteiger partial charge in [-0.15, -0.1) is 0 Å². The van der Waals surface area contributed by atoms with Gasteiger partial charge in [-0.25, -0.2) is 0 Å². The van der Waals surface area contributed by atoms with Gasteiger partial charge in [-0.2, -0.15) is 0 Å². The highest BCUT2D eigenvalue weighted by molar-refractivity contribution is 6.13. The van der Waals surface area contributed by atoms with Crippen molar-refractivity contribution in [2.24, 2.45) is 4.99 Å². The molecule has 2 aromatic rings. The van der Waals surface area contributed by atoms with Crippen LogP contribution in [0.4, 0.5) is 5.69 Å². The molecule has 0 bridgehead atoms. The lowest BCUT2D eigenvalue weighted by Crippen LogP contribution is -2.38. The number of hydrogen-bond acceptors (Lipinski definition) is 5. The van der Waals surface area contributed by atoms with Crippen molar-refractivity contribution >= 4 is 11.5 Å². The summed E-state index contributed by atoms with van der Waals surface area (Å²) >= 11 is 0. The average Bonchev–Trinajstić information content (AvgIpc) is 3.20. The Morgan fingerprint density at radius 3 is 2.65 bits per heavy atom. The summed E-state index contributed by atoms with van der Waals surface area (Å²) in [5, 5.41) is 12.9. The molecule has 0 saturated carbocycles. The van der Waals surface area contributed by atoms with Gasteiger partial charge in [0, 0.05) is 17.3 Å². The van der Waals surface area contributed by atoms with Crippen molar-refractivity contribution in [3.63, 3.8) is 0 Å². The van der Waals surface area contributed by atoms with Gasteiger partial charge in [0.25, 0.3) is 0 Å². The van der Waals surface area contributed by atoms with Gasteiger partial charge in [0.05, 0.1) is 12.6 Å². The summed E-state index contributed by atoms with van der Waals surface area (Å²) < 4.78 is 17.6. The zero-order valence-corrected chi connectivity index (χ0v) is 14.5. The molecule has 0 fully saturated rings. The molecule has 134 valence electrons. The number of rotatable bonds is 2. The standard InChI is InChI=1S/C20H20N2O4/c1-12(10-23)21-19-20(13-4-2-3-5-15(13)22-19)11-26-16-9-18-17(8-14(16)20)24-6-7-25-18/h2-5,8-9,12,23H,6-7,10-11H2,1H3,(H,21,22). The first-order valence-corrected chi connectivity index (χ1v) is 8.85. The maximum Gasteiger partial charge on any atom is 0.165 e. The van der Waals surface area contributed by atoms with Crippen LogP contribution in [0.25, 0.3) is 0 Å². The Balaban J connectivity index is 1.73. The first-order valence-electron chi connectivity index (χ1n) is 8.85. The molecule has 0 aliphatic carbocycles. The lowest BCUT2D eigenvalue weighted by Gasteiger charge is -2.26. The summed E-state index contributed by atoms with van der Waals surface area (Å²) in [5.74, 6) is 3.04. The SMILES string of the molecule is CC(CO)N=C1Nc2ccccc2C12COc1cc3c(cc12)OCCO3. The number of hydrogen-bond donors (Lipinski definition) is 2. The van der Waals surface area contributed by atoms with Gasteiger partial charge < -0.3 is 24.6 Å². The van der Waals surface area contributed by atoms with E-state index in [1.54, 1.807) is 0 Å². The Labute approximate surface area is 151 Å². The number of amidine groups is 1. The predicted molar refractivity (Wildman–Crippen MR) is 97.8 cm³/mol. The monoisotopic (exact) mass is 352 g/mol. The minimum absolute atomic E-state index is 0.00748. The van der Waals surface area contributed by atoms with Crippen LogP contribution in [0.2, 0.25) is 0 Å². The van der Waals surface area contributed by atoms with Crippen LogP contribution >= 0.6 is 0 Å². The Morgan fingerprint density at radius 2 is 1.85 bits per heavy atom. The molecule has 2 N–H and O–H groups in total. The summed E-state index contributed by atoms with van der Waals surface area (Å²) in [6.45, 7) is 3.42. The molecule has 2 atom stereocenters. The smallest absolute Gasteiger partial charge is 0.165 e. The molecule has 1 spiro atoms. The van der Waals surface area contributed by atoms with Crippen molar-refractivity contribution in [2.75, 3.05) is 31.7 Å². The fourth-order valence-corrected chi connectivity index (χ4v) is 3.94. The van der Waals surface area contributed by atoms with Crippen LogP contribution in [0.3, 0.4) is 0 Å². The number of para-hydroxylation sites is 1. The third kappa shape index (κ3) is 2.05. The molecule has 0 aromatic heterocycles. The maximum absolute atomic E-state index is 9.49. The van der Waals surface area contributed by atoms with Gasteiger partial charge in [-0.05, 0) is 24.6 Å². The van der Waals surface area contributed by atoms with Gasteiger partial charge in [0.2, 0.25) is 0 Å². The van der Waals surface area contributed by atoms with E-state index in [9.17, 15) is 5.11 Å². The maximum atomic E-state index is 9.49. The molecule has 0 saturated heterocycles. The largest absolute Gasteiger partial charge is 0.491 e. The topological polar surface area (TPSA) is 72.3 Å². The third-order valence-corrected chi connectivity index (χ3v) is 5.21. The van der Waals surface area contributed by atoms with E-state index in [0.717, 1.165) is 34.1 Å². The molecule has 6 nitrogen and oxygen atoms in total. The van der Waals surface area contributed by atoms with Crippen molar-refractivity contribution in [1.29, 1.82) is 0 Å². The number of aliphatic hydroxyl groups excluding tert-OH is 1. The minimum Gasteiger partial charge on any atom is -0.491 e. The van der Waals surface area contributed by atoms with Gasteiger partial charge in [0.1, 0.15) is 36.8 Å². The fraction of sp³-hybridized carbons (Fsp3) is 0.350. The Kier molecular flexibility index (Phi) is 3.37. The van der Waals surface area contributed by atoms with E-state index in [1.807, 2.05) is 37.3 Å². The lowest BCUT2D eigenvalue weighted by atomic mass is 9.76. The average molecular weight is 352 g/mol. The minimum atomic E-state index is -0.523. The Bertz CT molecular complexity index is 911. The molecular weight excluding hydrogens is 332 g/mol. The highest BCUT2D eigenvalue weighted by Crippen LogP contribution is 2.53. The number of anilines is 1. The summed E-state index contributed by atoms with van der Waals surface area (Å²) in [7, 11) is 0. The van der Waals surface area contributed by atoms with E-state index in [-0.39, 0.29) is 12.6 Å². The van der Waals surface area contributed by atoms with Crippen molar-refractivity contribution in [1.82, 2.24) is 0 Å². The summed E-state index contributed by atoms with van der Waals surface area (Å²) in [6.07, 6.45) is 0. The molecule has 3 aliphatic rings. The molecule has 2 aromatic carbocycles. The van der Waals surface area contributed by atoms with Crippen LogP contribution in [0.1, 0.15) is 18.1 Å². The van der Waals surface area contributed by atoms with Crippen molar-refractivity contribution in [3.8, 4) is 17.2 Å². The Hall–Kier alpha value is -2.73. The van der Waals surface area contributed by atoms with Gasteiger partial charge in [0.15, 0.2) is 11.5 Å². The molecular formula is C20H20N2O4. The van der Waals surface area contributed by atoms with Crippen LogP contribution in [0, 0.1) is 0 Å². The normalized spacial score (nSPS) is 24.8. The molecule has 26 heavy (non-hydrogen) atoms. The number of nitrogens with zero attached hydrogens (tertiary/aromatic N) is 1. The first-order chi connectivity index (χ1) is 12.7. The number of benzene rings is 2. The Morgan fingerprint density at radius 1 is 1.08 bits per heavy atom. The lowest BCUT2D eigenvalue weighted by molar-refractivity contribution is 0.171. The molecule has 0 amide bonds. The van der Waals surface area contributed by atoms with Crippen LogP contribution in [-0.2, 0) is 5.41 Å². The number of aliphatic imine (C=N–C) groups is 1. The van der Waals surface area contributed by atoms with E-state index in [4.69, 9.17) is 19.2 Å². The van der Waals surface area contributed by atoms with E-state index in [2.05, 4.69) is 11.4 Å². The molecule has 0 radical (unpaired) electrons. The third-order valence-electron chi connectivity index (χ3n) is 5.21. The molecule has 3 aliphatic heterocycles. The molecule has 6 heteroatoms. The van der Waals surface area contributed by atoms with Crippen molar-refractivity contribution < 1.29 is 19.3 Å². The summed E-state index contributed by atoms with van der Waals surface area (Å²) in [4.78, 5) is 4.76. The molecule has 2 unspecified atom stereocenters. The van der Waals surface area contributed by atoms with Crippen LogP contribution in [0.5, 0.6) is 17.2 Å². The zero-order valence-electron chi connectivity index (χ0n) is 14.5. The first kappa shape index (κ1) is 15.5. The summed E-state index contributed by atoms with van der Waals surface area (Å²) in [6, 6.07) is 11.9. The van der Waals surface area contributed by atoms with Crippen LogP contribution in [0.15, 0.2) is 41.4 Å². The zero-order chi connectivity index (χ0) is 17.7. The van der Waals surface area contributed by atoms with E-state index < -0.39 is 5.41 Å².